The Morgan fingerprint density at radius 3 is 2.39 bits per heavy atom. The van der Waals surface area contributed by atoms with Gasteiger partial charge in [0.1, 0.15) is 5.52 Å². The summed E-state index contributed by atoms with van der Waals surface area (Å²) >= 11 is 0. The van der Waals surface area contributed by atoms with Gasteiger partial charge < -0.3 is 15.6 Å². The maximum atomic E-state index is 12.3. The van der Waals surface area contributed by atoms with Crippen molar-refractivity contribution < 1.29 is 13.2 Å². The van der Waals surface area contributed by atoms with Crippen molar-refractivity contribution in [3.8, 4) is 11.3 Å². The second-order valence-electron chi connectivity index (χ2n) is 7.22. The lowest BCUT2D eigenvalue weighted by Crippen LogP contribution is -2.19. The van der Waals surface area contributed by atoms with Gasteiger partial charge in [0, 0.05) is 17.4 Å². The molecule has 0 unspecified atom stereocenters. The number of carbonyl (C=O) groups is 1. The zero-order chi connectivity index (χ0) is 22.0. The molecule has 2 amide bonds. The number of para-hydroxylation sites is 1. The Kier molecular flexibility index (Phi) is 5.43. The molecule has 0 radical (unpaired) electrons. The Bertz CT molecular complexity index is 1330. The zero-order valence-corrected chi connectivity index (χ0v) is 17.8. The number of urea groups is 1. The fourth-order valence-electron chi connectivity index (χ4n) is 3.02. The average Bonchev–Trinajstić information content (AvgIpc) is 3.16. The summed E-state index contributed by atoms with van der Waals surface area (Å²) in [6.45, 7) is 3.30. The van der Waals surface area contributed by atoms with E-state index in [1.165, 1.54) is 0 Å². The van der Waals surface area contributed by atoms with Gasteiger partial charge in [-0.2, -0.15) is 0 Å². The summed E-state index contributed by atoms with van der Waals surface area (Å²) < 4.78 is 24.6. The molecule has 2 aromatic carbocycles. The SMILES string of the molecule is CC(C)S(=O)(=O)c1ccc(-c2cnc3[nH]cc(NC(=O)Nc4ccccc4)c3n2)cc1. The van der Waals surface area contributed by atoms with Crippen LogP contribution in [0.3, 0.4) is 0 Å². The smallest absolute Gasteiger partial charge is 0.323 e. The van der Waals surface area contributed by atoms with Gasteiger partial charge in [0.25, 0.3) is 0 Å². The maximum absolute atomic E-state index is 12.3. The third kappa shape index (κ3) is 4.26. The number of rotatable bonds is 5. The molecule has 2 heterocycles. The molecule has 0 aliphatic heterocycles. The van der Waals surface area contributed by atoms with Gasteiger partial charge in [0.2, 0.25) is 0 Å². The van der Waals surface area contributed by atoms with Crippen molar-refractivity contribution in [2.24, 2.45) is 0 Å². The first kappa shape index (κ1) is 20.5. The Hall–Kier alpha value is -3.72. The van der Waals surface area contributed by atoms with E-state index in [1.54, 1.807) is 62.6 Å². The standard InChI is InChI=1S/C22H21N5O3S/c1-14(2)31(29,30)17-10-8-15(9-11-17)18-12-23-21-20(26-18)19(13-24-21)27-22(28)25-16-6-4-3-5-7-16/h3-14H,1-2H3,(H,23,24)(H2,25,27,28). The minimum atomic E-state index is -3.34. The summed E-state index contributed by atoms with van der Waals surface area (Å²) in [6.07, 6.45) is 3.22. The molecule has 2 aromatic heterocycles. The van der Waals surface area contributed by atoms with Gasteiger partial charge in [0.15, 0.2) is 15.5 Å². The van der Waals surface area contributed by atoms with Crippen LogP contribution < -0.4 is 10.6 Å². The Labute approximate surface area is 179 Å². The highest BCUT2D eigenvalue weighted by molar-refractivity contribution is 7.92. The predicted octanol–water partition coefficient (Wildman–Crippen LogP) is 4.45. The largest absolute Gasteiger partial charge is 0.343 e. The lowest BCUT2D eigenvalue weighted by molar-refractivity contribution is 0.262. The van der Waals surface area contributed by atoms with E-state index < -0.39 is 21.1 Å². The Morgan fingerprint density at radius 2 is 1.71 bits per heavy atom. The van der Waals surface area contributed by atoms with Gasteiger partial charge in [-0.1, -0.05) is 30.3 Å². The number of benzene rings is 2. The monoisotopic (exact) mass is 435 g/mol. The molecule has 9 heteroatoms. The fraction of sp³-hybridized carbons (Fsp3) is 0.136. The molecule has 0 spiro atoms. The number of aromatic nitrogens is 3. The van der Waals surface area contributed by atoms with Gasteiger partial charge in [-0.25, -0.2) is 23.2 Å². The van der Waals surface area contributed by atoms with E-state index in [-0.39, 0.29) is 4.90 Å². The van der Waals surface area contributed by atoms with Crippen LogP contribution in [0.1, 0.15) is 13.8 Å². The van der Waals surface area contributed by atoms with Gasteiger partial charge in [-0.05, 0) is 38.1 Å². The molecular formula is C22H21N5O3S. The third-order valence-electron chi connectivity index (χ3n) is 4.76. The molecule has 8 nitrogen and oxygen atoms in total. The minimum absolute atomic E-state index is 0.266. The van der Waals surface area contributed by atoms with Gasteiger partial charge in [-0.3, -0.25) is 0 Å². The maximum Gasteiger partial charge on any atom is 0.323 e. The number of nitrogens with one attached hydrogen (secondary N) is 3. The zero-order valence-electron chi connectivity index (χ0n) is 17.0. The van der Waals surface area contributed by atoms with Crippen LogP contribution >= 0.6 is 0 Å². The van der Waals surface area contributed by atoms with Crippen molar-refractivity contribution in [3.05, 3.63) is 67.0 Å². The summed E-state index contributed by atoms with van der Waals surface area (Å²) in [6, 6.07) is 15.2. The first-order valence-electron chi connectivity index (χ1n) is 9.66. The highest BCUT2D eigenvalue weighted by atomic mass is 32.2. The van der Waals surface area contributed by atoms with Crippen LogP contribution in [0.25, 0.3) is 22.4 Å². The molecule has 0 aliphatic rings. The molecule has 3 N–H and O–H groups in total. The van der Waals surface area contributed by atoms with Gasteiger partial charge >= 0.3 is 6.03 Å². The predicted molar refractivity (Wildman–Crippen MR) is 121 cm³/mol. The van der Waals surface area contributed by atoms with Crippen LogP contribution in [0.15, 0.2) is 71.9 Å². The molecule has 4 rings (SSSR count). The van der Waals surface area contributed by atoms with Gasteiger partial charge in [0.05, 0.1) is 27.7 Å². The van der Waals surface area contributed by atoms with Crippen molar-refractivity contribution in [2.45, 2.75) is 24.0 Å². The van der Waals surface area contributed by atoms with Crippen LogP contribution in [0, 0.1) is 0 Å². The summed E-state index contributed by atoms with van der Waals surface area (Å²) in [4.78, 5) is 24.5. The lowest BCUT2D eigenvalue weighted by Gasteiger charge is -2.09. The second-order valence-corrected chi connectivity index (χ2v) is 9.72. The molecule has 0 saturated carbocycles. The lowest BCUT2D eigenvalue weighted by atomic mass is 10.1. The molecule has 158 valence electrons. The number of amides is 2. The number of sulfone groups is 1. The summed E-state index contributed by atoms with van der Waals surface area (Å²) in [5, 5.41) is 5.03. The van der Waals surface area contributed by atoms with E-state index >= 15 is 0 Å². The number of aromatic amines is 1. The molecule has 0 saturated heterocycles. The van der Waals surface area contributed by atoms with Crippen LogP contribution in [0.5, 0.6) is 0 Å². The van der Waals surface area contributed by atoms with Crippen molar-refractivity contribution >= 4 is 38.4 Å². The number of nitrogens with zero attached hydrogens (tertiary/aromatic N) is 2. The third-order valence-corrected chi connectivity index (χ3v) is 6.93. The molecular weight excluding hydrogens is 414 g/mol. The van der Waals surface area contributed by atoms with Crippen LogP contribution in [-0.2, 0) is 9.84 Å². The van der Waals surface area contributed by atoms with E-state index in [4.69, 9.17) is 0 Å². The van der Waals surface area contributed by atoms with Crippen molar-refractivity contribution in [3.63, 3.8) is 0 Å². The first-order valence-corrected chi connectivity index (χ1v) is 11.2. The number of hydrogen-bond acceptors (Lipinski definition) is 5. The molecule has 0 aliphatic carbocycles. The van der Waals surface area contributed by atoms with E-state index in [0.717, 1.165) is 5.56 Å². The number of carbonyl (C=O) groups excluding carboxylic acids is 1. The van der Waals surface area contributed by atoms with E-state index in [9.17, 15) is 13.2 Å². The number of fused-ring (bicyclic) bond motifs is 1. The average molecular weight is 436 g/mol. The number of hydrogen-bond donors (Lipinski definition) is 3. The summed E-state index contributed by atoms with van der Waals surface area (Å²) in [5.74, 6) is 0. The normalized spacial score (nSPS) is 11.6. The Morgan fingerprint density at radius 1 is 1.00 bits per heavy atom. The van der Waals surface area contributed by atoms with Gasteiger partial charge in [-0.15, -0.1) is 0 Å². The highest BCUT2D eigenvalue weighted by Crippen LogP contribution is 2.26. The van der Waals surface area contributed by atoms with E-state index in [2.05, 4.69) is 25.6 Å². The highest BCUT2D eigenvalue weighted by Gasteiger charge is 2.19. The number of H-pyrrole nitrogens is 1. The topological polar surface area (TPSA) is 117 Å². The first-order chi connectivity index (χ1) is 14.8. The molecule has 0 bridgehead atoms. The van der Waals surface area contributed by atoms with Crippen LogP contribution in [0.2, 0.25) is 0 Å². The second kappa shape index (κ2) is 8.19. The fourth-order valence-corrected chi connectivity index (χ4v) is 4.08. The van der Waals surface area contributed by atoms with E-state index in [0.29, 0.717) is 28.2 Å². The molecule has 0 atom stereocenters. The van der Waals surface area contributed by atoms with Crippen LogP contribution in [-0.4, -0.2) is 34.7 Å². The quantitative estimate of drug-likeness (QED) is 0.428. The van der Waals surface area contributed by atoms with Crippen molar-refractivity contribution in [2.75, 3.05) is 10.6 Å². The van der Waals surface area contributed by atoms with E-state index in [1.807, 2.05) is 18.2 Å². The molecule has 4 aromatic rings. The Balaban J connectivity index is 1.59. The summed E-state index contributed by atoms with van der Waals surface area (Å²) in [7, 11) is -3.34. The van der Waals surface area contributed by atoms with Crippen LogP contribution in [0.4, 0.5) is 16.2 Å². The summed E-state index contributed by atoms with van der Waals surface area (Å²) in [5.41, 5.74) is 3.46. The molecule has 0 fully saturated rings. The van der Waals surface area contributed by atoms with Crippen molar-refractivity contribution in [1.82, 2.24) is 15.0 Å². The molecule has 31 heavy (non-hydrogen) atoms. The number of anilines is 2. The minimum Gasteiger partial charge on any atom is -0.343 e. The van der Waals surface area contributed by atoms with Crippen molar-refractivity contribution in [1.29, 1.82) is 0 Å².